The number of likely N-dealkylation sites (tertiary alicyclic amines) is 1. The zero-order chi connectivity index (χ0) is 29.0. The summed E-state index contributed by atoms with van der Waals surface area (Å²) in [7, 11) is -2.93. The van der Waals surface area contributed by atoms with Crippen LogP contribution in [-0.2, 0) is 31.1 Å². The topological polar surface area (TPSA) is 129 Å². The molecular formula is C26H31ClFN5O6S. The molecule has 2 aromatic rings. The molecule has 2 amide bonds. The minimum Gasteiger partial charge on any atom is -0.462 e. The third-order valence-electron chi connectivity index (χ3n) is 6.99. The Balaban J connectivity index is 1.45. The van der Waals surface area contributed by atoms with E-state index in [-0.39, 0.29) is 35.3 Å². The number of pyridine rings is 1. The van der Waals surface area contributed by atoms with E-state index in [1.54, 1.807) is 11.8 Å². The molecule has 2 aliphatic rings. The maximum atomic E-state index is 13.2. The first-order valence-electron chi connectivity index (χ1n) is 13.0. The fourth-order valence-electron chi connectivity index (χ4n) is 4.72. The summed E-state index contributed by atoms with van der Waals surface area (Å²) < 4.78 is 46.8. The van der Waals surface area contributed by atoms with Crippen molar-refractivity contribution in [2.24, 2.45) is 5.92 Å². The van der Waals surface area contributed by atoms with Crippen LogP contribution < -0.4 is 13.9 Å². The number of amides is 2. The summed E-state index contributed by atoms with van der Waals surface area (Å²) in [5.41, 5.74) is 0.776. The van der Waals surface area contributed by atoms with E-state index < -0.39 is 33.8 Å². The molecule has 1 aromatic heterocycles. The predicted molar refractivity (Wildman–Crippen MR) is 147 cm³/mol. The van der Waals surface area contributed by atoms with Crippen molar-refractivity contribution in [1.29, 1.82) is 0 Å². The SMILES string of the molecule is CCOC(=O)c1cc(Cl)c(N2CCC(C(=O)NS(=O)(=O)N(C)c3ccc(F)cc3)CC2)nc1CN1CCCC1=O. The number of carbonyl (C=O) groups is 3. The molecule has 0 atom stereocenters. The maximum absolute atomic E-state index is 13.2. The van der Waals surface area contributed by atoms with Crippen LogP contribution in [0.3, 0.4) is 0 Å². The first-order chi connectivity index (χ1) is 19.0. The number of nitrogens with zero attached hydrogens (tertiary/aromatic N) is 4. The first kappa shape index (κ1) is 29.5. The van der Waals surface area contributed by atoms with Crippen molar-refractivity contribution in [2.75, 3.05) is 42.5 Å². The van der Waals surface area contributed by atoms with E-state index in [1.165, 1.54) is 25.2 Å². The number of hydrogen-bond acceptors (Lipinski definition) is 8. The Bertz CT molecular complexity index is 1380. The van der Waals surface area contributed by atoms with Crippen LogP contribution >= 0.6 is 11.6 Å². The molecule has 0 aliphatic carbocycles. The van der Waals surface area contributed by atoms with Gasteiger partial charge in [-0.15, -0.1) is 0 Å². The van der Waals surface area contributed by atoms with Crippen LogP contribution in [0.15, 0.2) is 30.3 Å². The van der Waals surface area contributed by atoms with Crippen molar-refractivity contribution in [3.05, 3.63) is 52.4 Å². The van der Waals surface area contributed by atoms with Crippen molar-refractivity contribution in [2.45, 2.75) is 39.2 Å². The van der Waals surface area contributed by atoms with Crippen LogP contribution in [0.4, 0.5) is 15.9 Å². The van der Waals surface area contributed by atoms with Gasteiger partial charge in [-0.25, -0.2) is 18.9 Å². The number of benzene rings is 1. The zero-order valence-electron chi connectivity index (χ0n) is 22.2. The Morgan fingerprint density at radius 3 is 2.48 bits per heavy atom. The van der Waals surface area contributed by atoms with Crippen molar-refractivity contribution in [3.63, 3.8) is 0 Å². The number of hydrogen-bond donors (Lipinski definition) is 1. The van der Waals surface area contributed by atoms with Crippen molar-refractivity contribution >= 4 is 51.1 Å². The Morgan fingerprint density at radius 2 is 1.88 bits per heavy atom. The average molecular weight is 596 g/mol. The monoisotopic (exact) mass is 595 g/mol. The summed E-state index contributed by atoms with van der Waals surface area (Å²) in [5, 5.41) is 0.228. The standard InChI is InChI=1S/C26H31ClFN5O6S/c1-3-39-26(36)20-15-21(27)24(29-22(20)16-33-12-4-5-23(33)34)32-13-10-17(11-14-32)25(35)30-40(37,38)31(2)19-8-6-18(28)7-9-19/h6-9,15,17H,3-5,10-14,16H2,1-2H3,(H,30,35). The zero-order valence-corrected chi connectivity index (χ0v) is 23.8. The number of aromatic nitrogens is 1. The molecule has 2 aliphatic heterocycles. The Morgan fingerprint density at radius 1 is 1.20 bits per heavy atom. The lowest BCUT2D eigenvalue weighted by molar-refractivity contribution is -0.128. The Labute approximate surface area is 237 Å². The summed E-state index contributed by atoms with van der Waals surface area (Å²) in [4.78, 5) is 45.8. The molecule has 2 fully saturated rings. The van der Waals surface area contributed by atoms with Gasteiger partial charge in [0.25, 0.3) is 0 Å². The van der Waals surface area contributed by atoms with Crippen LogP contribution in [0.25, 0.3) is 0 Å². The second-order valence-corrected chi connectivity index (χ2v) is 11.7. The van der Waals surface area contributed by atoms with Gasteiger partial charge in [-0.3, -0.25) is 13.9 Å². The van der Waals surface area contributed by atoms with Gasteiger partial charge in [0.2, 0.25) is 11.8 Å². The number of piperidine rings is 1. The molecule has 216 valence electrons. The second-order valence-electron chi connectivity index (χ2n) is 9.60. The maximum Gasteiger partial charge on any atom is 0.340 e. The number of ether oxygens (including phenoxy) is 1. The lowest BCUT2D eigenvalue weighted by Gasteiger charge is -2.33. The normalized spacial score (nSPS) is 16.2. The van der Waals surface area contributed by atoms with Crippen LogP contribution in [0.5, 0.6) is 0 Å². The van der Waals surface area contributed by atoms with Crippen molar-refractivity contribution in [3.8, 4) is 0 Å². The van der Waals surface area contributed by atoms with Gasteiger partial charge in [0.05, 0.1) is 35.1 Å². The lowest BCUT2D eigenvalue weighted by Crippen LogP contribution is -2.47. The lowest BCUT2D eigenvalue weighted by atomic mass is 9.96. The number of halogens is 2. The van der Waals surface area contributed by atoms with Gasteiger partial charge in [0.15, 0.2) is 0 Å². The van der Waals surface area contributed by atoms with Gasteiger partial charge < -0.3 is 14.5 Å². The van der Waals surface area contributed by atoms with Crippen molar-refractivity contribution in [1.82, 2.24) is 14.6 Å². The highest BCUT2D eigenvalue weighted by Gasteiger charge is 2.32. The minimum absolute atomic E-state index is 0.0139. The molecular weight excluding hydrogens is 565 g/mol. The molecule has 0 radical (unpaired) electrons. The van der Waals surface area contributed by atoms with Gasteiger partial charge in [-0.05, 0) is 56.5 Å². The van der Waals surface area contributed by atoms with Crippen LogP contribution in [0, 0.1) is 11.7 Å². The summed E-state index contributed by atoms with van der Waals surface area (Å²) in [6.07, 6.45) is 1.84. The number of rotatable bonds is 9. The van der Waals surface area contributed by atoms with Crippen LogP contribution in [0.2, 0.25) is 5.02 Å². The summed E-state index contributed by atoms with van der Waals surface area (Å²) in [5.74, 6) is -1.90. The largest absolute Gasteiger partial charge is 0.462 e. The van der Waals surface area contributed by atoms with Gasteiger partial charge in [0, 0.05) is 39.0 Å². The fraction of sp³-hybridized carbons (Fsp3) is 0.462. The van der Waals surface area contributed by atoms with Gasteiger partial charge in [0.1, 0.15) is 11.6 Å². The summed E-state index contributed by atoms with van der Waals surface area (Å²) in [6, 6.07) is 6.36. The van der Waals surface area contributed by atoms with E-state index in [4.69, 9.17) is 16.3 Å². The number of esters is 1. The molecule has 1 N–H and O–H groups in total. The quantitative estimate of drug-likeness (QED) is 0.438. The summed E-state index contributed by atoms with van der Waals surface area (Å²) in [6.45, 7) is 3.30. The number of nitrogens with one attached hydrogen (secondary N) is 1. The number of anilines is 2. The third-order valence-corrected chi connectivity index (χ3v) is 8.66. The summed E-state index contributed by atoms with van der Waals surface area (Å²) >= 11 is 6.53. The van der Waals surface area contributed by atoms with E-state index in [0.717, 1.165) is 22.9 Å². The highest BCUT2D eigenvalue weighted by molar-refractivity contribution is 7.91. The third kappa shape index (κ3) is 6.64. The van der Waals surface area contributed by atoms with Crippen molar-refractivity contribution < 1.29 is 31.9 Å². The first-order valence-corrected chi connectivity index (χ1v) is 14.8. The van der Waals surface area contributed by atoms with E-state index >= 15 is 0 Å². The molecule has 0 spiro atoms. The molecule has 0 unspecified atom stereocenters. The molecule has 2 saturated heterocycles. The smallest absolute Gasteiger partial charge is 0.340 e. The van der Waals surface area contributed by atoms with Gasteiger partial charge >= 0.3 is 16.2 Å². The highest BCUT2D eigenvalue weighted by atomic mass is 35.5. The molecule has 0 saturated carbocycles. The Kier molecular flexibility index (Phi) is 9.14. The molecule has 40 heavy (non-hydrogen) atoms. The van der Waals surface area contributed by atoms with E-state index in [9.17, 15) is 27.2 Å². The Hall–Kier alpha value is -3.45. The molecule has 3 heterocycles. The van der Waals surface area contributed by atoms with Gasteiger partial charge in [-0.2, -0.15) is 8.42 Å². The van der Waals surface area contributed by atoms with E-state index in [1.807, 2.05) is 4.90 Å². The van der Waals surface area contributed by atoms with E-state index in [0.29, 0.717) is 50.4 Å². The second kappa shape index (κ2) is 12.4. The molecule has 0 bridgehead atoms. The minimum atomic E-state index is -4.20. The van der Waals surface area contributed by atoms with E-state index in [2.05, 4.69) is 9.71 Å². The van der Waals surface area contributed by atoms with Crippen LogP contribution in [-0.4, -0.2) is 69.4 Å². The average Bonchev–Trinajstić information content (AvgIpc) is 3.33. The van der Waals surface area contributed by atoms with Crippen LogP contribution in [0.1, 0.15) is 48.7 Å². The van der Waals surface area contributed by atoms with Gasteiger partial charge in [-0.1, -0.05) is 11.6 Å². The highest BCUT2D eigenvalue weighted by Crippen LogP contribution is 2.31. The molecule has 11 nitrogen and oxygen atoms in total. The fourth-order valence-corrected chi connectivity index (χ4v) is 5.95. The predicted octanol–water partition coefficient (Wildman–Crippen LogP) is 2.89. The number of carbonyl (C=O) groups excluding carboxylic acids is 3. The molecule has 4 rings (SSSR count). The molecule has 1 aromatic carbocycles. The molecule has 14 heteroatoms.